The summed E-state index contributed by atoms with van der Waals surface area (Å²) in [6, 6.07) is 5.33. The molecule has 6 nitrogen and oxygen atoms in total. The van der Waals surface area contributed by atoms with Crippen LogP contribution < -0.4 is 10.2 Å². The van der Waals surface area contributed by atoms with Crippen molar-refractivity contribution < 1.29 is 9.66 Å². The van der Waals surface area contributed by atoms with Gasteiger partial charge in [-0.25, -0.2) is 0 Å². The van der Waals surface area contributed by atoms with Crippen molar-refractivity contribution in [2.24, 2.45) is 0 Å². The summed E-state index contributed by atoms with van der Waals surface area (Å²) in [6.45, 7) is 3.92. The highest BCUT2D eigenvalue weighted by molar-refractivity contribution is 5.76. The van der Waals surface area contributed by atoms with Gasteiger partial charge in [0.05, 0.1) is 4.92 Å². The molecule has 0 spiro atoms. The molecule has 0 fully saturated rings. The summed E-state index contributed by atoms with van der Waals surface area (Å²) in [5.74, 6) is 0. The molecule has 0 bridgehead atoms. The molecule has 0 aliphatic rings. The van der Waals surface area contributed by atoms with E-state index in [0.29, 0.717) is 31.1 Å². The summed E-state index contributed by atoms with van der Waals surface area (Å²) in [5, 5.41) is 14.3. The van der Waals surface area contributed by atoms with E-state index in [-0.39, 0.29) is 10.6 Å². The third kappa shape index (κ3) is 4.10. The van der Waals surface area contributed by atoms with Crippen LogP contribution in [-0.4, -0.2) is 38.8 Å². The van der Waals surface area contributed by atoms with E-state index in [1.807, 2.05) is 24.9 Å². The van der Waals surface area contributed by atoms with Gasteiger partial charge in [0, 0.05) is 33.9 Å². The van der Waals surface area contributed by atoms with E-state index < -0.39 is 0 Å². The van der Waals surface area contributed by atoms with Crippen molar-refractivity contribution in [2.45, 2.75) is 13.3 Å². The summed E-state index contributed by atoms with van der Waals surface area (Å²) in [5.41, 5.74) is 1.31. The zero-order valence-corrected chi connectivity index (χ0v) is 11.7. The highest BCUT2D eigenvalue weighted by Gasteiger charge is 2.21. The average Bonchev–Trinajstić information content (AvgIpc) is 2.38. The zero-order valence-electron chi connectivity index (χ0n) is 11.7. The van der Waals surface area contributed by atoms with Crippen molar-refractivity contribution in [2.75, 3.05) is 44.1 Å². The Hall–Kier alpha value is -1.82. The van der Waals surface area contributed by atoms with Gasteiger partial charge in [-0.3, -0.25) is 10.1 Å². The van der Waals surface area contributed by atoms with Gasteiger partial charge in [0.15, 0.2) is 0 Å². The lowest BCUT2D eigenvalue weighted by molar-refractivity contribution is -0.383. The smallest absolute Gasteiger partial charge is 0.315 e. The van der Waals surface area contributed by atoms with Crippen LogP contribution in [0.4, 0.5) is 17.1 Å². The van der Waals surface area contributed by atoms with Crippen molar-refractivity contribution >= 4 is 17.1 Å². The Morgan fingerprint density at radius 3 is 2.79 bits per heavy atom. The average molecular weight is 267 g/mol. The van der Waals surface area contributed by atoms with Crippen LogP contribution in [0.1, 0.15) is 13.3 Å². The standard InChI is InChI=1S/C13H21N3O3/c1-4-14-11-7-5-8-12(13(11)16(17)18)15(2)9-6-10-19-3/h5,7-8,14H,4,6,9-10H2,1-3H3. The number of hydrogen-bond donors (Lipinski definition) is 1. The fourth-order valence-electron chi connectivity index (χ4n) is 1.93. The lowest BCUT2D eigenvalue weighted by Gasteiger charge is -2.20. The lowest BCUT2D eigenvalue weighted by atomic mass is 10.2. The molecule has 0 atom stereocenters. The van der Waals surface area contributed by atoms with Gasteiger partial charge < -0.3 is 15.0 Å². The molecule has 0 aliphatic carbocycles. The van der Waals surface area contributed by atoms with Crippen LogP contribution >= 0.6 is 0 Å². The Kier molecular flexibility index (Phi) is 6.08. The lowest BCUT2D eigenvalue weighted by Crippen LogP contribution is -2.21. The molecular formula is C13H21N3O3. The maximum atomic E-state index is 11.3. The molecule has 1 N–H and O–H groups in total. The summed E-state index contributed by atoms with van der Waals surface area (Å²) >= 11 is 0. The van der Waals surface area contributed by atoms with Crippen LogP contribution in [0.5, 0.6) is 0 Å². The number of ether oxygens (including phenoxy) is 1. The molecule has 1 aromatic carbocycles. The van der Waals surface area contributed by atoms with Crippen LogP contribution in [0.2, 0.25) is 0 Å². The maximum absolute atomic E-state index is 11.3. The first-order valence-electron chi connectivity index (χ1n) is 6.33. The van der Waals surface area contributed by atoms with E-state index in [0.717, 1.165) is 6.42 Å². The summed E-state index contributed by atoms with van der Waals surface area (Å²) in [6.07, 6.45) is 0.829. The van der Waals surface area contributed by atoms with Crippen LogP contribution in [-0.2, 0) is 4.74 Å². The largest absolute Gasteiger partial charge is 0.385 e. The fraction of sp³-hybridized carbons (Fsp3) is 0.538. The number of nitrogens with one attached hydrogen (secondary N) is 1. The molecule has 0 aliphatic heterocycles. The van der Waals surface area contributed by atoms with Crippen molar-refractivity contribution in [3.8, 4) is 0 Å². The second kappa shape index (κ2) is 7.58. The summed E-state index contributed by atoms with van der Waals surface area (Å²) in [7, 11) is 3.50. The van der Waals surface area contributed by atoms with Crippen LogP contribution in [0.15, 0.2) is 18.2 Å². The van der Waals surface area contributed by atoms with Gasteiger partial charge in [0.25, 0.3) is 0 Å². The number of methoxy groups -OCH3 is 1. The second-order valence-electron chi connectivity index (χ2n) is 4.23. The number of hydrogen-bond acceptors (Lipinski definition) is 5. The molecule has 0 heterocycles. The highest BCUT2D eigenvalue weighted by Crippen LogP contribution is 2.34. The number of rotatable bonds is 8. The van der Waals surface area contributed by atoms with Gasteiger partial charge >= 0.3 is 5.69 Å². The normalized spacial score (nSPS) is 10.3. The molecule has 0 saturated heterocycles. The van der Waals surface area contributed by atoms with Gasteiger partial charge in [-0.15, -0.1) is 0 Å². The Morgan fingerprint density at radius 1 is 1.47 bits per heavy atom. The predicted octanol–water partition coefficient (Wildman–Crippen LogP) is 2.50. The molecule has 1 aromatic rings. The van der Waals surface area contributed by atoms with Crippen LogP contribution in [0.3, 0.4) is 0 Å². The first kappa shape index (κ1) is 15.2. The number of benzene rings is 1. The first-order valence-corrected chi connectivity index (χ1v) is 6.33. The Morgan fingerprint density at radius 2 is 2.21 bits per heavy atom. The molecule has 19 heavy (non-hydrogen) atoms. The number of para-hydroxylation sites is 1. The first-order chi connectivity index (χ1) is 9.11. The molecule has 0 amide bonds. The van der Waals surface area contributed by atoms with Gasteiger partial charge in [-0.05, 0) is 25.5 Å². The number of nitro benzene ring substituents is 1. The Labute approximate surface area is 113 Å². The fourth-order valence-corrected chi connectivity index (χ4v) is 1.93. The van der Waals surface area contributed by atoms with Crippen LogP contribution in [0, 0.1) is 10.1 Å². The van der Waals surface area contributed by atoms with E-state index in [1.54, 1.807) is 19.2 Å². The number of anilines is 2. The predicted molar refractivity (Wildman–Crippen MR) is 77.0 cm³/mol. The van der Waals surface area contributed by atoms with E-state index in [9.17, 15) is 10.1 Å². The molecule has 106 valence electrons. The van der Waals surface area contributed by atoms with Crippen LogP contribution in [0.25, 0.3) is 0 Å². The zero-order chi connectivity index (χ0) is 14.3. The number of nitro groups is 1. The Balaban J connectivity index is 2.98. The van der Waals surface area contributed by atoms with Crippen molar-refractivity contribution in [3.05, 3.63) is 28.3 Å². The van der Waals surface area contributed by atoms with E-state index in [1.165, 1.54) is 0 Å². The number of nitrogens with zero attached hydrogens (tertiary/aromatic N) is 2. The molecule has 0 radical (unpaired) electrons. The highest BCUT2D eigenvalue weighted by atomic mass is 16.6. The van der Waals surface area contributed by atoms with Gasteiger partial charge in [-0.1, -0.05) is 6.07 Å². The third-order valence-corrected chi connectivity index (χ3v) is 2.82. The van der Waals surface area contributed by atoms with Crippen molar-refractivity contribution in [1.82, 2.24) is 0 Å². The SMILES string of the molecule is CCNc1cccc(N(C)CCCOC)c1[N+](=O)[O-]. The minimum atomic E-state index is -0.333. The quantitative estimate of drug-likeness (QED) is 0.445. The van der Waals surface area contributed by atoms with Gasteiger partial charge in [0.1, 0.15) is 11.4 Å². The molecular weight excluding hydrogens is 246 g/mol. The third-order valence-electron chi connectivity index (χ3n) is 2.82. The van der Waals surface area contributed by atoms with E-state index >= 15 is 0 Å². The minimum Gasteiger partial charge on any atom is -0.385 e. The summed E-state index contributed by atoms with van der Waals surface area (Å²) < 4.78 is 5.00. The van der Waals surface area contributed by atoms with Crippen molar-refractivity contribution in [3.63, 3.8) is 0 Å². The van der Waals surface area contributed by atoms with Gasteiger partial charge in [-0.2, -0.15) is 0 Å². The van der Waals surface area contributed by atoms with Crippen molar-refractivity contribution in [1.29, 1.82) is 0 Å². The summed E-state index contributed by atoms with van der Waals surface area (Å²) in [4.78, 5) is 12.8. The Bertz CT molecular complexity index is 424. The molecule has 6 heteroatoms. The molecule has 0 unspecified atom stereocenters. The van der Waals surface area contributed by atoms with Gasteiger partial charge in [0.2, 0.25) is 0 Å². The second-order valence-corrected chi connectivity index (χ2v) is 4.23. The van der Waals surface area contributed by atoms with E-state index in [2.05, 4.69) is 5.32 Å². The minimum absolute atomic E-state index is 0.129. The topological polar surface area (TPSA) is 67.6 Å². The molecule has 0 aromatic heterocycles. The molecule has 0 saturated carbocycles. The monoisotopic (exact) mass is 267 g/mol. The molecule has 1 rings (SSSR count). The van der Waals surface area contributed by atoms with E-state index in [4.69, 9.17) is 4.74 Å². The maximum Gasteiger partial charge on any atom is 0.315 e.